The number of ether oxygens (including phenoxy) is 1. The van der Waals surface area contributed by atoms with Crippen LogP contribution in [0.2, 0.25) is 0 Å². The number of fused-ring (bicyclic) bond motifs is 1. The molecular formula is C22H35NO2. The number of unbranched alkanes of at least 4 members (excludes halogenated alkanes) is 2. The lowest BCUT2D eigenvalue weighted by atomic mass is 9.85. The first kappa shape index (κ1) is 20.2. The van der Waals surface area contributed by atoms with Gasteiger partial charge in [0.05, 0.1) is 12.7 Å². The minimum absolute atomic E-state index is 0.274. The zero-order valence-corrected chi connectivity index (χ0v) is 15.8. The summed E-state index contributed by atoms with van der Waals surface area (Å²) in [4.78, 5) is 0. The molecule has 0 heterocycles. The Morgan fingerprint density at radius 1 is 1.28 bits per heavy atom. The van der Waals surface area contributed by atoms with Gasteiger partial charge in [0.15, 0.2) is 0 Å². The number of rotatable bonds is 11. The first-order chi connectivity index (χ1) is 12.3. The largest absolute Gasteiger partial charge is 0.396 e. The van der Waals surface area contributed by atoms with Crippen molar-refractivity contribution in [3.8, 4) is 0 Å². The van der Waals surface area contributed by atoms with Gasteiger partial charge in [-0.2, -0.15) is 0 Å². The third kappa shape index (κ3) is 6.58. The van der Waals surface area contributed by atoms with Crippen LogP contribution in [0.3, 0.4) is 0 Å². The average molecular weight is 346 g/mol. The predicted octanol–water partition coefficient (Wildman–Crippen LogP) is 4.12. The van der Waals surface area contributed by atoms with E-state index < -0.39 is 0 Å². The summed E-state index contributed by atoms with van der Waals surface area (Å²) < 4.78 is 6.02. The van der Waals surface area contributed by atoms with Crippen LogP contribution < -0.4 is 5.73 Å². The lowest BCUT2D eigenvalue weighted by Crippen LogP contribution is -2.23. The Hall–Kier alpha value is -1.16. The van der Waals surface area contributed by atoms with E-state index in [4.69, 9.17) is 15.6 Å². The van der Waals surface area contributed by atoms with E-state index in [1.165, 1.54) is 23.1 Å². The normalized spacial score (nSPS) is 18.4. The highest BCUT2D eigenvalue weighted by molar-refractivity contribution is 5.36. The molecule has 0 aliphatic heterocycles. The number of aryl methyl sites for hydroxylation is 1. The van der Waals surface area contributed by atoms with E-state index in [0.29, 0.717) is 18.6 Å². The Kier molecular flexibility index (Phi) is 9.23. The number of allylic oxidation sites excluding steroid dienone is 1. The summed E-state index contributed by atoms with van der Waals surface area (Å²) in [5, 5.41) is 8.96. The van der Waals surface area contributed by atoms with Crippen molar-refractivity contribution in [3.63, 3.8) is 0 Å². The molecule has 1 aliphatic rings. The molecule has 0 bridgehead atoms. The fraction of sp³-hybridized carbons (Fsp3) is 0.636. The van der Waals surface area contributed by atoms with Crippen LogP contribution in [0, 0.1) is 0 Å². The molecule has 1 aliphatic carbocycles. The van der Waals surface area contributed by atoms with Gasteiger partial charge in [0, 0.05) is 6.61 Å². The Balaban J connectivity index is 1.89. The first-order valence-corrected chi connectivity index (χ1v) is 9.97. The van der Waals surface area contributed by atoms with E-state index >= 15 is 0 Å². The summed E-state index contributed by atoms with van der Waals surface area (Å²) in [6.07, 6.45) is 13.2. The van der Waals surface area contributed by atoms with Crippen LogP contribution in [-0.2, 0) is 17.6 Å². The van der Waals surface area contributed by atoms with E-state index in [0.717, 1.165) is 51.6 Å². The maximum Gasteiger partial charge on any atom is 0.0651 e. The summed E-state index contributed by atoms with van der Waals surface area (Å²) in [5.74, 6) is 0.412. The molecule has 0 amide bonds. The van der Waals surface area contributed by atoms with Crippen molar-refractivity contribution in [3.05, 3.63) is 47.0 Å². The monoisotopic (exact) mass is 345 g/mol. The Morgan fingerprint density at radius 3 is 2.92 bits per heavy atom. The van der Waals surface area contributed by atoms with Gasteiger partial charge in [-0.3, -0.25) is 0 Å². The molecule has 0 aromatic heterocycles. The van der Waals surface area contributed by atoms with Crippen molar-refractivity contribution < 1.29 is 9.84 Å². The molecule has 3 N–H and O–H groups in total. The van der Waals surface area contributed by atoms with Crippen molar-refractivity contribution in [1.82, 2.24) is 0 Å². The van der Waals surface area contributed by atoms with Crippen LogP contribution in [-0.4, -0.2) is 31.0 Å². The van der Waals surface area contributed by atoms with E-state index in [-0.39, 0.29) is 6.61 Å². The molecule has 0 fully saturated rings. The van der Waals surface area contributed by atoms with E-state index in [9.17, 15) is 0 Å². The number of nitrogens with two attached hydrogens (primary N) is 1. The van der Waals surface area contributed by atoms with Crippen molar-refractivity contribution in [2.24, 2.45) is 5.73 Å². The van der Waals surface area contributed by atoms with Crippen LogP contribution in [0.15, 0.2) is 30.4 Å². The molecule has 3 heteroatoms. The third-order valence-electron chi connectivity index (χ3n) is 5.18. The van der Waals surface area contributed by atoms with Crippen LogP contribution in [0.5, 0.6) is 0 Å². The Morgan fingerprint density at radius 2 is 2.16 bits per heavy atom. The van der Waals surface area contributed by atoms with Gasteiger partial charge in [-0.25, -0.2) is 0 Å². The molecule has 1 aromatic carbocycles. The summed E-state index contributed by atoms with van der Waals surface area (Å²) in [7, 11) is 0. The maximum absolute atomic E-state index is 8.96. The smallest absolute Gasteiger partial charge is 0.0651 e. The van der Waals surface area contributed by atoms with E-state index in [2.05, 4.69) is 37.3 Å². The number of hydrogen-bond acceptors (Lipinski definition) is 3. The number of hydrogen-bond donors (Lipinski definition) is 2. The lowest BCUT2D eigenvalue weighted by Gasteiger charge is -2.26. The average Bonchev–Trinajstić information content (AvgIpc) is 2.65. The van der Waals surface area contributed by atoms with Gasteiger partial charge in [0.1, 0.15) is 0 Å². The molecule has 0 saturated carbocycles. The molecule has 0 saturated heterocycles. The SMILES string of the molecule is CCC/C=C/CO[C@H]1CCc2cc([C@H](CN)CCCCO)ccc2C1. The molecule has 25 heavy (non-hydrogen) atoms. The van der Waals surface area contributed by atoms with Gasteiger partial charge in [0.2, 0.25) is 0 Å². The third-order valence-corrected chi connectivity index (χ3v) is 5.18. The number of aliphatic hydroxyl groups excluding tert-OH is 1. The predicted molar refractivity (Wildman–Crippen MR) is 105 cm³/mol. The summed E-state index contributed by atoms with van der Waals surface area (Å²) in [5.41, 5.74) is 10.3. The molecule has 2 rings (SSSR count). The molecule has 2 atom stereocenters. The van der Waals surface area contributed by atoms with Gasteiger partial charge in [-0.1, -0.05) is 50.1 Å². The van der Waals surface area contributed by atoms with E-state index in [1.807, 2.05) is 0 Å². The zero-order valence-electron chi connectivity index (χ0n) is 15.8. The van der Waals surface area contributed by atoms with Crippen molar-refractivity contribution >= 4 is 0 Å². The van der Waals surface area contributed by atoms with Gasteiger partial charge >= 0.3 is 0 Å². The minimum atomic E-state index is 0.274. The molecule has 0 unspecified atom stereocenters. The lowest BCUT2D eigenvalue weighted by molar-refractivity contribution is 0.0641. The van der Waals surface area contributed by atoms with Crippen molar-refractivity contribution in [2.45, 2.75) is 70.3 Å². The molecule has 0 radical (unpaired) electrons. The summed E-state index contributed by atoms with van der Waals surface area (Å²) in [6, 6.07) is 6.89. The summed E-state index contributed by atoms with van der Waals surface area (Å²) >= 11 is 0. The van der Waals surface area contributed by atoms with Crippen LogP contribution >= 0.6 is 0 Å². The zero-order chi connectivity index (χ0) is 17.9. The maximum atomic E-state index is 8.96. The highest BCUT2D eigenvalue weighted by atomic mass is 16.5. The Bertz CT molecular complexity index is 527. The highest BCUT2D eigenvalue weighted by Crippen LogP contribution is 2.28. The van der Waals surface area contributed by atoms with Gasteiger partial charge < -0.3 is 15.6 Å². The molecule has 3 nitrogen and oxygen atoms in total. The van der Waals surface area contributed by atoms with Gasteiger partial charge in [0.25, 0.3) is 0 Å². The topological polar surface area (TPSA) is 55.5 Å². The van der Waals surface area contributed by atoms with Crippen LogP contribution in [0.1, 0.15) is 68.1 Å². The second-order valence-corrected chi connectivity index (χ2v) is 7.14. The number of benzene rings is 1. The van der Waals surface area contributed by atoms with E-state index in [1.54, 1.807) is 0 Å². The van der Waals surface area contributed by atoms with Crippen LogP contribution in [0.25, 0.3) is 0 Å². The first-order valence-electron chi connectivity index (χ1n) is 9.97. The van der Waals surface area contributed by atoms with Gasteiger partial charge in [-0.15, -0.1) is 0 Å². The standard InChI is InChI=1S/C22H35NO2/c1-2-3-4-7-14-25-22-12-11-18-15-19(9-10-20(18)16-22)21(17-23)8-5-6-13-24/h4,7,9-10,15,21-22,24H,2-3,5-6,8,11-14,16-17,23H2,1H3/b7-4+/t21-,22-/m0/s1. The second-order valence-electron chi connectivity index (χ2n) is 7.14. The Labute approximate surface area is 153 Å². The number of aliphatic hydroxyl groups is 1. The van der Waals surface area contributed by atoms with Crippen molar-refractivity contribution in [1.29, 1.82) is 0 Å². The van der Waals surface area contributed by atoms with Crippen LogP contribution in [0.4, 0.5) is 0 Å². The molecule has 1 aromatic rings. The quantitative estimate of drug-likeness (QED) is 0.468. The highest BCUT2D eigenvalue weighted by Gasteiger charge is 2.20. The van der Waals surface area contributed by atoms with Gasteiger partial charge in [-0.05, 0) is 67.7 Å². The minimum Gasteiger partial charge on any atom is -0.396 e. The molecule has 0 spiro atoms. The fourth-order valence-corrected chi connectivity index (χ4v) is 3.61. The summed E-state index contributed by atoms with van der Waals surface area (Å²) in [6.45, 7) is 3.88. The second kappa shape index (κ2) is 11.5. The fourth-order valence-electron chi connectivity index (χ4n) is 3.61. The van der Waals surface area contributed by atoms with Crippen molar-refractivity contribution in [2.75, 3.05) is 19.8 Å². The molecule has 140 valence electrons. The molecular weight excluding hydrogens is 310 g/mol.